The second-order valence-electron chi connectivity index (χ2n) is 7.64. The van der Waals surface area contributed by atoms with Gasteiger partial charge in [0.2, 0.25) is 11.8 Å². The fourth-order valence-electron chi connectivity index (χ4n) is 3.77. The monoisotopic (exact) mass is 420 g/mol. The van der Waals surface area contributed by atoms with Crippen LogP contribution >= 0.6 is 0 Å². The number of anilines is 1. The second-order valence-corrected chi connectivity index (χ2v) is 7.64. The van der Waals surface area contributed by atoms with Gasteiger partial charge in [-0.15, -0.1) is 0 Å². The summed E-state index contributed by atoms with van der Waals surface area (Å²) in [5, 5.41) is 8.06. The van der Waals surface area contributed by atoms with Crippen molar-refractivity contribution < 1.29 is 19.2 Å². The molecule has 1 fully saturated rings. The maximum atomic E-state index is 12.9. The van der Waals surface area contributed by atoms with Crippen molar-refractivity contribution in [2.24, 2.45) is 0 Å². The second kappa shape index (κ2) is 8.59. The zero-order valence-electron chi connectivity index (χ0n) is 17.2. The summed E-state index contributed by atoms with van der Waals surface area (Å²) in [5.41, 5.74) is 2.25. The van der Waals surface area contributed by atoms with Crippen LogP contribution < -0.4 is 16.0 Å². The summed E-state index contributed by atoms with van der Waals surface area (Å²) in [6.07, 6.45) is 1.77. The first-order valence-electron chi connectivity index (χ1n) is 10.4. The molecule has 3 N–H and O–H groups in total. The van der Waals surface area contributed by atoms with E-state index in [0.717, 1.165) is 12.8 Å². The van der Waals surface area contributed by atoms with Crippen LogP contribution in [0.25, 0.3) is 0 Å². The van der Waals surface area contributed by atoms with E-state index in [9.17, 15) is 19.2 Å². The van der Waals surface area contributed by atoms with E-state index in [2.05, 4.69) is 16.0 Å². The first-order chi connectivity index (χ1) is 15.0. The summed E-state index contributed by atoms with van der Waals surface area (Å²) in [6, 6.07) is 13.0. The molecule has 1 unspecified atom stereocenters. The number of benzene rings is 2. The highest BCUT2D eigenvalue weighted by atomic mass is 16.2. The quantitative estimate of drug-likeness (QED) is 0.635. The number of hydrogen-bond donors (Lipinski definition) is 3. The number of carbonyl (C=O) groups excluding carboxylic acids is 4. The van der Waals surface area contributed by atoms with Crippen molar-refractivity contribution in [3.8, 4) is 0 Å². The van der Waals surface area contributed by atoms with Gasteiger partial charge in [-0.2, -0.15) is 0 Å². The molecule has 2 aromatic carbocycles. The zero-order chi connectivity index (χ0) is 22.0. The fraction of sp³-hybridized carbons (Fsp3) is 0.304. The van der Waals surface area contributed by atoms with Crippen LogP contribution in [0.1, 0.15) is 52.1 Å². The van der Waals surface area contributed by atoms with Crippen LogP contribution in [0.5, 0.6) is 0 Å². The smallest absolute Gasteiger partial charge is 0.255 e. The number of nitrogens with one attached hydrogen (secondary N) is 3. The highest BCUT2D eigenvalue weighted by molar-refractivity contribution is 6.05. The SMILES string of the molecule is CCNC(=O)c1ccc(NC(=O)CNC(=O)C2c3ccccc3C(=O)N2C2CC2)cc1. The highest BCUT2D eigenvalue weighted by Crippen LogP contribution is 2.41. The van der Waals surface area contributed by atoms with Gasteiger partial charge < -0.3 is 20.9 Å². The topological polar surface area (TPSA) is 108 Å². The molecule has 0 spiro atoms. The molecule has 1 saturated carbocycles. The van der Waals surface area contributed by atoms with Crippen LogP contribution in [-0.4, -0.2) is 47.7 Å². The van der Waals surface area contributed by atoms with E-state index in [0.29, 0.717) is 28.9 Å². The summed E-state index contributed by atoms with van der Waals surface area (Å²) in [7, 11) is 0. The van der Waals surface area contributed by atoms with Crippen molar-refractivity contribution in [2.75, 3.05) is 18.4 Å². The largest absolute Gasteiger partial charge is 0.352 e. The molecule has 8 heteroatoms. The third kappa shape index (κ3) is 4.28. The van der Waals surface area contributed by atoms with E-state index in [1.165, 1.54) is 0 Å². The van der Waals surface area contributed by atoms with Gasteiger partial charge in [0.15, 0.2) is 0 Å². The molecule has 0 bridgehead atoms. The van der Waals surface area contributed by atoms with Gasteiger partial charge in [0.05, 0.1) is 6.54 Å². The lowest BCUT2D eigenvalue weighted by Crippen LogP contribution is -2.42. The molecule has 1 atom stereocenters. The number of carbonyl (C=O) groups is 4. The normalized spacial score (nSPS) is 17.1. The van der Waals surface area contributed by atoms with Crippen LogP contribution in [0, 0.1) is 0 Å². The minimum atomic E-state index is -0.708. The van der Waals surface area contributed by atoms with Crippen LogP contribution in [-0.2, 0) is 9.59 Å². The first kappa shape index (κ1) is 20.6. The summed E-state index contributed by atoms with van der Waals surface area (Å²) in [4.78, 5) is 51.4. The lowest BCUT2D eigenvalue weighted by atomic mass is 10.0. The zero-order valence-corrected chi connectivity index (χ0v) is 17.2. The maximum Gasteiger partial charge on any atom is 0.255 e. The minimum absolute atomic E-state index is 0.0768. The van der Waals surface area contributed by atoms with E-state index in [1.807, 2.05) is 6.92 Å². The lowest BCUT2D eigenvalue weighted by molar-refractivity contribution is -0.127. The first-order valence-corrected chi connectivity index (χ1v) is 10.4. The van der Waals surface area contributed by atoms with Crippen molar-refractivity contribution in [2.45, 2.75) is 31.8 Å². The van der Waals surface area contributed by atoms with Crippen LogP contribution in [0.3, 0.4) is 0 Å². The van der Waals surface area contributed by atoms with Crippen LogP contribution in [0.4, 0.5) is 5.69 Å². The molecule has 4 rings (SSSR count). The molecular weight excluding hydrogens is 396 g/mol. The van der Waals surface area contributed by atoms with Gasteiger partial charge in [-0.1, -0.05) is 18.2 Å². The Morgan fingerprint density at radius 1 is 1.00 bits per heavy atom. The van der Waals surface area contributed by atoms with Crippen molar-refractivity contribution in [1.82, 2.24) is 15.5 Å². The molecule has 160 valence electrons. The molecule has 8 nitrogen and oxygen atoms in total. The Morgan fingerprint density at radius 3 is 2.39 bits per heavy atom. The third-order valence-electron chi connectivity index (χ3n) is 5.38. The molecule has 2 aliphatic rings. The third-order valence-corrected chi connectivity index (χ3v) is 5.38. The number of amides is 4. The Morgan fingerprint density at radius 2 is 1.71 bits per heavy atom. The molecule has 0 saturated heterocycles. The van der Waals surface area contributed by atoms with E-state index in [-0.39, 0.29) is 30.3 Å². The van der Waals surface area contributed by atoms with Gasteiger partial charge in [-0.3, -0.25) is 19.2 Å². The molecule has 0 aromatic heterocycles. The highest BCUT2D eigenvalue weighted by Gasteiger charge is 2.47. The Labute approximate surface area is 180 Å². The average molecular weight is 420 g/mol. The van der Waals surface area contributed by atoms with Gasteiger partial charge in [0.1, 0.15) is 6.04 Å². The number of fused-ring (bicyclic) bond motifs is 1. The Kier molecular flexibility index (Phi) is 5.70. The predicted octanol–water partition coefficient (Wildman–Crippen LogP) is 1.85. The maximum absolute atomic E-state index is 12.9. The van der Waals surface area contributed by atoms with Gasteiger partial charge in [-0.25, -0.2) is 0 Å². The van der Waals surface area contributed by atoms with Crippen molar-refractivity contribution in [3.05, 3.63) is 65.2 Å². The van der Waals surface area contributed by atoms with E-state index < -0.39 is 11.9 Å². The average Bonchev–Trinajstić information content (AvgIpc) is 3.57. The van der Waals surface area contributed by atoms with E-state index in [4.69, 9.17) is 0 Å². The Balaban J connectivity index is 1.36. The van der Waals surface area contributed by atoms with Crippen molar-refractivity contribution in [3.63, 3.8) is 0 Å². The lowest BCUT2D eigenvalue weighted by Gasteiger charge is -2.24. The number of rotatable bonds is 7. The molecule has 31 heavy (non-hydrogen) atoms. The molecule has 0 radical (unpaired) electrons. The Bertz CT molecular complexity index is 1030. The summed E-state index contributed by atoms with van der Waals surface area (Å²) < 4.78 is 0. The van der Waals surface area contributed by atoms with Gasteiger partial charge >= 0.3 is 0 Å². The van der Waals surface area contributed by atoms with Crippen molar-refractivity contribution >= 4 is 29.3 Å². The van der Waals surface area contributed by atoms with E-state index >= 15 is 0 Å². The van der Waals surface area contributed by atoms with Crippen LogP contribution in [0.2, 0.25) is 0 Å². The fourth-order valence-corrected chi connectivity index (χ4v) is 3.77. The summed E-state index contributed by atoms with van der Waals surface area (Å²) >= 11 is 0. The predicted molar refractivity (Wildman–Crippen MR) is 114 cm³/mol. The molecule has 1 aliphatic carbocycles. The molecule has 1 aliphatic heterocycles. The van der Waals surface area contributed by atoms with Crippen LogP contribution in [0.15, 0.2) is 48.5 Å². The van der Waals surface area contributed by atoms with Crippen molar-refractivity contribution in [1.29, 1.82) is 0 Å². The van der Waals surface area contributed by atoms with E-state index in [1.54, 1.807) is 53.4 Å². The number of nitrogens with zero attached hydrogens (tertiary/aromatic N) is 1. The number of hydrogen-bond acceptors (Lipinski definition) is 4. The molecule has 2 aromatic rings. The molecule has 1 heterocycles. The van der Waals surface area contributed by atoms with Gasteiger partial charge in [-0.05, 0) is 55.7 Å². The molecule has 4 amide bonds. The van der Waals surface area contributed by atoms with Gasteiger partial charge in [0, 0.05) is 29.4 Å². The molecular formula is C23H24N4O4. The summed E-state index contributed by atoms with van der Waals surface area (Å²) in [6.45, 7) is 2.15. The Hall–Kier alpha value is -3.68. The minimum Gasteiger partial charge on any atom is -0.352 e. The van der Waals surface area contributed by atoms with Gasteiger partial charge in [0.25, 0.3) is 11.8 Å². The standard InChI is InChI=1S/C23H24N4O4/c1-2-24-21(29)14-7-9-15(10-8-14)26-19(28)13-25-22(30)20-17-5-3-4-6-18(17)23(31)27(20)16-11-12-16/h3-10,16,20H,2,11-13H2,1H3,(H,24,29)(H,25,30)(H,26,28). The summed E-state index contributed by atoms with van der Waals surface area (Å²) in [5.74, 6) is -1.07.